The summed E-state index contributed by atoms with van der Waals surface area (Å²) in [4.78, 5) is 11.9. The van der Waals surface area contributed by atoms with Crippen molar-refractivity contribution in [3.8, 4) is 0 Å². The zero-order valence-corrected chi connectivity index (χ0v) is 10.5. The van der Waals surface area contributed by atoms with Gasteiger partial charge in [-0.2, -0.15) is 0 Å². The molecule has 0 aromatic carbocycles. The summed E-state index contributed by atoms with van der Waals surface area (Å²) in [5.74, 6) is -0.150. The normalized spacial score (nSPS) is 30.1. The zero-order valence-electron chi connectivity index (χ0n) is 10.5. The zero-order chi connectivity index (χ0) is 12.0. The third-order valence-electron chi connectivity index (χ3n) is 3.33. The first-order chi connectivity index (χ1) is 7.68. The molecule has 1 aliphatic carbocycles. The van der Waals surface area contributed by atoms with Crippen LogP contribution >= 0.6 is 0 Å². The molecule has 0 aromatic rings. The summed E-state index contributed by atoms with van der Waals surface area (Å²) in [5, 5.41) is 3.35. The Morgan fingerprint density at radius 2 is 2.25 bits per heavy atom. The topological polar surface area (TPSA) is 47.6 Å². The highest BCUT2D eigenvalue weighted by atomic mass is 16.5. The molecule has 2 unspecified atom stereocenters. The summed E-state index contributed by atoms with van der Waals surface area (Å²) in [7, 11) is 3.16. The van der Waals surface area contributed by atoms with Crippen molar-refractivity contribution < 1.29 is 14.3 Å². The van der Waals surface area contributed by atoms with Crippen LogP contribution in [0.3, 0.4) is 0 Å². The van der Waals surface area contributed by atoms with Gasteiger partial charge in [-0.15, -0.1) is 0 Å². The van der Waals surface area contributed by atoms with Crippen LogP contribution in [0.4, 0.5) is 0 Å². The van der Waals surface area contributed by atoms with Gasteiger partial charge in [-0.1, -0.05) is 6.92 Å². The van der Waals surface area contributed by atoms with Crippen LogP contribution in [0.15, 0.2) is 0 Å². The van der Waals surface area contributed by atoms with Crippen molar-refractivity contribution in [2.45, 2.75) is 50.7 Å². The van der Waals surface area contributed by atoms with Crippen LogP contribution < -0.4 is 5.32 Å². The number of hydrogen-bond acceptors (Lipinski definition) is 4. The summed E-state index contributed by atoms with van der Waals surface area (Å²) >= 11 is 0. The van der Waals surface area contributed by atoms with Crippen LogP contribution in [0, 0.1) is 0 Å². The first-order valence-corrected chi connectivity index (χ1v) is 6.04. The number of nitrogens with one attached hydrogen (secondary N) is 1. The molecule has 2 atom stereocenters. The average molecular weight is 229 g/mol. The van der Waals surface area contributed by atoms with Gasteiger partial charge in [0.05, 0.1) is 13.2 Å². The van der Waals surface area contributed by atoms with Gasteiger partial charge in [-0.25, -0.2) is 0 Å². The van der Waals surface area contributed by atoms with E-state index in [2.05, 4.69) is 12.2 Å². The molecule has 0 spiro atoms. The van der Waals surface area contributed by atoms with E-state index in [1.165, 1.54) is 7.11 Å². The lowest BCUT2D eigenvalue weighted by molar-refractivity contribution is -0.152. The first kappa shape index (κ1) is 13.5. The van der Waals surface area contributed by atoms with E-state index in [4.69, 9.17) is 9.47 Å². The number of rotatable bonds is 5. The van der Waals surface area contributed by atoms with Crippen LogP contribution in [0.1, 0.15) is 39.0 Å². The molecule has 94 valence electrons. The molecular weight excluding hydrogens is 206 g/mol. The summed E-state index contributed by atoms with van der Waals surface area (Å²) in [5.41, 5.74) is -0.524. The Morgan fingerprint density at radius 3 is 2.81 bits per heavy atom. The molecular formula is C12H23NO3. The fourth-order valence-electron chi connectivity index (χ4n) is 2.40. The van der Waals surface area contributed by atoms with Crippen molar-refractivity contribution in [3.05, 3.63) is 0 Å². The second kappa shape index (κ2) is 6.21. The molecule has 0 amide bonds. The van der Waals surface area contributed by atoms with Crippen LogP contribution in [-0.2, 0) is 14.3 Å². The number of carbonyl (C=O) groups excluding carboxylic acids is 1. The molecule has 1 aliphatic rings. The summed E-state index contributed by atoms with van der Waals surface area (Å²) in [6, 6.07) is 0. The minimum absolute atomic E-state index is 0.150. The maximum atomic E-state index is 11.9. The SMILES string of the molecule is CCCNC1(C(=O)OC)CCCC(OC)C1. The molecule has 0 aliphatic heterocycles. The second-order valence-electron chi connectivity index (χ2n) is 4.45. The van der Waals surface area contributed by atoms with Gasteiger partial charge in [0.15, 0.2) is 0 Å². The van der Waals surface area contributed by atoms with Gasteiger partial charge in [0.1, 0.15) is 5.54 Å². The molecule has 1 fully saturated rings. The van der Waals surface area contributed by atoms with Crippen LogP contribution in [0.5, 0.6) is 0 Å². The predicted octanol–water partition coefficient (Wildman–Crippen LogP) is 1.49. The van der Waals surface area contributed by atoms with E-state index in [9.17, 15) is 4.79 Å². The Labute approximate surface area is 97.7 Å². The maximum Gasteiger partial charge on any atom is 0.326 e. The van der Waals surface area contributed by atoms with Crippen LogP contribution in [-0.4, -0.2) is 38.4 Å². The fraction of sp³-hybridized carbons (Fsp3) is 0.917. The van der Waals surface area contributed by atoms with Gasteiger partial charge in [0.2, 0.25) is 0 Å². The third kappa shape index (κ3) is 2.95. The van der Waals surface area contributed by atoms with Gasteiger partial charge in [0.25, 0.3) is 0 Å². The number of ether oxygens (including phenoxy) is 2. The van der Waals surface area contributed by atoms with Gasteiger partial charge >= 0.3 is 5.97 Å². The van der Waals surface area contributed by atoms with E-state index in [0.29, 0.717) is 0 Å². The van der Waals surface area contributed by atoms with Crippen molar-refractivity contribution in [1.82, 2.24) is 5.32 Å². The molecule has 1 rings (SSSR count). The molecule has 0 radical (unpaired) electrons. The van der Waals surface area contributed by atoms with Gasteiger partial charge < -0.3 is 14.8 Å². The summed E-state index contributed by atoms with van der Waals surface area (Å²) < 4.78 is 10.3. The molecule has 0 heterocycles. The van der Waals surface area contributed by atoms with Crippen molar-refractivity contribution in [3.63, 3.8) is 0 Å². The largest absolute Gasteiger partial charge is 0.468 e. The van der Waals surface area contributed by atoms with E-state index >= 15 is 0 Å². The van der Waals surface area contributed by atoms with Crippen LogP contribution in [0.25, 0.3) is 0 Å². The number of carbonyl (C=O) groups is 1. The molecule has 0 aromatic heterocycles. The van der Waals surface area contributed by atoms with Crippen molar-refractivity contribution in [1.29, 1.82) is 0 Å². The highest BCUT2D eigenvalue weighted by Crippen LogP contribution is 2.31. The minimum atomic E-state index is -0.524. The second-order valence-corrected chi connectivity index (χ2v) is 4.45. The lowest BCUT2D eigenvalue weighted by Gasteiger charge is -2.38. The molecule has 0 bridgehead atoms. The standard InChI is InChI=1S/C12H23NO3/c1-4-8-13-12(11(14)16-3)7-5-6-10(9-12)15-2/h10,13H,4-9H2,1-3H3. The van der Waals surface area contributed by atoms with E-state index in [-0.39, 0.29) is 12.1 Å². The number of esters is 1. The Kier molecular flexibility index (Phi) is 5.22. The molecule has 1 saturated carbocycles. The smallest absolute Gasteiger partial charge is 0.326 e. The fourth-order valence-corrected chi connectivity index (χ4v) is 2.40. The van der Waals surface area contributed by atoms with Gasteiger partial charge in [0, 0.05) is 13.5 Å². The monoisotopic (exact) mass is 229 g/mol. The number of hydrogen-bond donors (Lipinski definition) is 1. The molecule has 4 nitrogen and oxygen atoms in total. The van der Waals surface area contributed by atoms with Gasteiger partial charge in [-0.3, -0.25) is 4.79 Å². The van der Waals surface area contributed by atoms with E-state index in [1.54, 1.807) is 7.11 Å². The predicted molar refractivity (Wildman–Crippen MR) is 62.3 cm³/mol. The molecule has 0 saturated heterocycles. The van der Waals surface area contributed by atoms with Crippen molar-refractivity contribution >= 4 is 5.97 Å². The average Bonchev–Trinajstić information content (AvgIpc) is 2.35. The van der Waals surface area contributed by atoms with Gasteiger partial charge in [-0.05, 0) is 32.2 Å². The van der Waals surface area contributed by atoms with E-state index < -0.39 is 5.54 Å². The molecule has 16 heavy (non-hydrogen) atoms. The lowest BCUT2D eigenvalue weighted by Crippen LogP contribution is -2.56. The Balaban J connectivity index is 2.72. The third-order valence-corrected chi connectivity index (χ3v) is 3.33. The minimum Gasteiger partial charge on any atom is -0.468 e. The molecule has 4 heteroatoms. The molecule has 1 N–H and O–H groups in total. The highest BCUT2D eigenvalue weighted by Gasteiger charge is 2.43. The van der Waals surface area contributed by atoms with Crippen molar-refractivity contribution in [2.24, 2.45) is 0 Å². The first-order valence-electron chi connectivity index (χ1n) is 6.04. The Morgan fingerprint density at radius 1 is 1.50 bits per heavy atom. The lowest BCUT2D eigenvalue weighted by atomic mass is 9.80. The Hall–Kier alpha value is -0.610. The number of methoxy groups -OCH3 is 2. The Bertz CT molecular complexity index is 232. The van der Waals surface area contributed by atoms with E-state index in [1.807, 2.05) is 0 Å². The highest BCUT2D eigenvalue weighted by molar-refractivity contribution is 5.81. The quantitative estimate of drug-likeness (QED) is 0.726. The maximum absolute atomic E-state index is 11.9. The van der Waals surface area contributed by atoms with Crippen molar-refractivity contribution in [2.75, 3.05) is 20.8 Å². The van der Waals surface area contributed by atoms with E-state index in [0.717, 1.165) is 38.6 Å². The summed E-state index contributed by atoms with van der Waals surface area (Å²) in [6.45, 7) is 2.93. The van der Waals surface area contributed by atoms with Crippen LogP contribution in [0.2, 0.25) is 0 Å². The summed E-state index contributed by atoms with van der Waals surface area (Å²) in [6.07, 6.45) is 4.77.